The van der Waals surface area contributed by atoms with Crippen molar-refractivity contribution in [2.24, 2.45) is 0 Å². The molecule has 0 aliphatic rings. The van der Waals surface area contributed by atoms with Crippen molar-refractivity contribution in [1.29, 1.82) is 0 Å². The van der Waals surface area contributed by atoms with Crippen LogP contribution in [-0.2, 0) is 19.2 Å². The van der Waals surface area contributed by atoms with E-state index in [-0.39, 0.29) is 7.43 Å². The van der Waals surface area contributed by atoms with Gasteiger partial charge in [-0.25, -0.2) is 0 Å². The Kier molecular flexibility index (Phi) is 42.0. The quantitative estimate of drug-likeness (QED) is 0.351. The van der Waals surface area contributed by atoms with E-state index in [1.54, 1.807) is 76.3 Å². The summed E-state index contributed by atoms with van der Waals surface area (Å²) >= 11 is 0. The van der Waals surface area contributed by atoms with E-state index in [2.05, 4.69) is 0 Å². The predicted molar refractivity (Wildman–Crippen MR) is 119 cm³/mol. The summed E-state index contributed by atoms with van der Waals surface area (Å²) in [4.78, 5) is 38.6. The fourth-order valence-electron chi connectivity index (χ4n) is 0.981. The van der Waals surface area contributed by atoms with E-state index in [1.165, 1.54) is 24.3 Å². The van der Waals surface area contributed by atoms with E-state index in [1.807, 2.05) is 0 Å². The van der Waals surface area contributed by atoms with Crippen LogP contribution in [0.2, 0.25) is 0 Å². The van der Waals surface area contributed by atoms with Crippen LogP contribution in [-0.4, -0.2) is 23.9 Å². The van der Waals surface area contributed by atoms with Crippen LogP contribution in [0.3, 0.4) is 0 Å². The van der Waals surface area contributed by atoms with Crippen LogP contribution >= 0.6 is 0 Å². The Hall–Kier alpha value is -4.20. The minimum absolute atomic E-state index is 0. The summed E-state index contributed by atoms with van der Waals surface area (Å²) in [5, 5.41) is 38.6. The number of aliphatic carboxylic acids is 4. The van der Waals surface area contributed by atoms with Crippen LogP contribution in [0.15, 0.2) is 97.2 Å². The van der Waals surface area contributed by atoms with Gasteiger partial charge in [-0.2, -0.15) is 0 Å². The minimum Gasteiger partial charge on any atom is -0.545 e. The van der Waals surface area contributed by atoms with E-state index in [4.69, 9.17) is 0 Å². The van der Waals surface area contributed by atoms with E-state index < -0.39 is 23.9 Å². The zero-order valence-corrected chi connectivity index (χ0v) is 19.0. The number of hydrogen-bond acceptors (Lipinski definition) is 8. The van der Waals surface area contributed by atoms with Crippen molar-refractivity contribution in [2.45, 2.75) is 27.7 Å². The molecule has 0 bridgehead atoms. The number of rotatable bonds is 8. The number of carboxylic acids is 4. The van der Waals surface area contributed by atoms with E-state index >= 15 is 0 Å². The summed E-state index contributed by atoms with van der Waals surface area (Å²) in [5.74, 6) is -4.66. The summed E-state index contributed by atoms with van der Waals surface area (Å²) in [6.07, 6.45) is 23.0. The Labute approximate surface area is 196 Å². The Morgan fingerprint density at radius 2 is 0.545 bits per heavy atom. The molecule has 8 nitrogen and oxygen atoms in total. The molecule has 0 atom stereocenters. The molecular formula is C25H28O8. The predicted octanol–water partition coefficient (Wildman–Crippen LogP) is -0.444. The van der Waals surface area contributed by atoms with Crippen molar-refractivity contribution < 1.29 is 39.6 Å². The van der Waals surface area contributed by atoms with Gasteiger partial charge >= 0.3 is 7.43 Å². The fraction of sp³-hybridized carbons (Fsp3) is 0.160. The summed E-state index contributed by atoms with van der Waals surface area (Å²) in [6, 6.07) is 0. The molecule has 0 aromatic rings. The minimum atomic E-state index is -1.16. The van der Waals surface area contributed by atoms with Gasteiger partial charge in [-0.3, -0.25) is 0 Å². The molecule has 0 unspecified atom stereocenters. The van der Waals surface area contributed by atoms with Crippen LogP contribution in [0, 0.1) is 7.43 Å². The molecule has 0 saturated carbocycles. The molecule has 0 N–H and O–H groups in total. The third-order valence-corrected chi connectivity index (χ3v) is 2.14. The topological polar surface area (TPSA) is 161 Å². The fourth-order valence-corrected chi connectivity index (χ4v) is 0.981. The van der Waals surface area contributed by atoms with E-state index in [9.17, 15) is 39.6 Å². The van der Waals surface area contributed by atoms with Gasteiger partial charge in [-0.1, -0.05) is 72.9 Å². The van der Waals surface area contributed by atoms with Crippen molar-refractivity contribution >= 4 is 23.9 Å². The van der Waals surface area contributed by atoms with Gasteiger partial charge in [0, 0.05) is 0 Å². The van der Waals surface area contributed by atoms with Crippen molar-refractivity contribution in [3.63, 3.8) is 0 Å². The molecule has 8 heteroatoms. The maximum Gasteiger partial charge on any atom is 4.00 e. The molecule has 0 heterocycles. The van der Waals surface area contributed by atoms with Crippen molar-refractivity contribution in [3.05, 3.63) is 105 Å². The van der Waals surface area contributed by atoms with Gasteiger partial charge in [0.1, 0.15) is 0 Å². The number of allylic oxidation sites excluding steroid dienone is 12. The van der Waals surface area contributed by atoms with Gasteiger partial charge in [0.2, 0.25) is 0 Å². The summed E-state index contributed by atoms with van der Waals surface area (Å²) < 4.78 is 0. The summed E-state index contributed by atoms with van der Waals surface area (Å²) in [7, 11) is 0. The van der Waals surface area contributed by atoms with Gasteiger partial charge in [0.25, 0.3) is 0 Å². The molecule has 0 fully saturated rings. The van der Waals surface area contributed by atoms with Crippen LogP contribution in [0.1, 0.15) is 27.7 Å². The number of carbonyl (C=O) groups excluding carboxylic acids is 4. The Bertz CT molecular complexity index is 618. The first-order chi connectivity index (χ1) is 15.1. The summed E-state index contributed by atoms with van der Waals surface area (Å²) in [6.45, 7) is 7.22. The number of hydrogen-bond donors (Lipinski definition) is 0. The molecule has 0 amide bonds. The first-order valence-corrected chi connectivity index (χ1v) is 9.10. The zero-order valence-electron chi connectivity index (χ0n) is 19.0. The number of carbonyl (C=O) groups is 4. The number of carboxylic acid groups (broad SMARTS) is 4. The summed E-state index contributed by atoms with van der Waals surface area (Å²) in [5.41, 5.74) is 0. The molecule has 0 aromatic heterocycles. The second-order valence-corrected chi connectivity index (χ2v) is 4.82. The maximum atomic E-state index is 9.64. The SMILES string of the molecule is C/C=C/C=C/C(=O)[O-].C/C=C/C=C/C(=O)[O-].C/C=C/C=C/C(=O)[O-].C/C=C/C=C/C(=O)[O-].[C+4]. The van der Waals surface area contributed by atoms with Crippen LogP contribution < -0.4 is 20.4 Å². The Balaban J connectivity index is -0.000000105. The van der Waals surface area contributed by atoms with Gasteiger partial charge in [0.05, 0.1) is 23.9 Å². The smallest absolute Gasteiger partial charge is 0.545 e. The first kappa shape index (κ1) is 39.3. The standard InChI is InChI=1S/4C6H8O2.C/c4*1-2-3-4-5-6(7)8;/h4*2-5H,1H3,(H,7,8);/q;;;;+4/p-4/b4*3-2+,5-4+;. The monoisotopic (exact) mass is 456 g/mol. The largest absolute Gasteiger partial charge is 4.00 e. The average molecular weight is 456 g/mol. The molecule has 0 aromatic carbocycles. The second kappa shape index (κ2) is 35.3. The molecule has 0 spiro atoms. The van der Waals surface area contributed by atoms with E-state index in [0.717, 1.165) is 24.3 Å². The van der Waals surface area contributed by atoms with Gasteiger partial charge in [-0.15, -0.1) is 0 Å². The van der Waals surface area contributed by atoms with Crippen molar-refractivity contribution in [1.82, 2.24) is 0 Å². The third kappa shape index (κ3) is 74.1. The molecule has 0 saturated heterocycles. The third-order valence-electron chi connectivity index (χ3n) is 2.14. The Morgan fingerprint density at radius 3 is 0.636 bits per heavy atom. The van der Waals surface area contributed by atoms with Gasteiger partial charge in [0.15, 0.2) is 0 Å². The van der Waals surface area contributed by atoms with Crippen LogP contribution in [0.4, 0.5) is 0 Å². The molecule has 0 radical (unpaired) electrons. The van der Waals surface area contributed by atoms with Crippen LogP contribution in [0.5, 0.6) is 0 Å². The van der Waals surface area contributed by atoms with Gasteiger partial charge < -0.3 is 39.6 Å². The zero-order chi connectivity index (χ0) is 25.6. The molecular weight excluding hydrogens is 428 g/mol. The normalized spacial score (nSPS) is 10.8. The molecule has 0 aliphatic heterocycles. The van der Waals surface area contributed by atoms with E-state index in [0.29, 0.717) is 0 Å². The average Bonchev–Trinajstić information content (AvgIpc) is 2.69. The molecule has 0 aliphatic carbocycles. The van der Waals surface area contributed by atoms with Crippen molar-refractivity contribution in [2.75, 3.05) is 0 Å². The first-order valence-electron chi connectivity index (χ1n) is 9.10. The maximum absolute atomic E-state index is 9.64. The second-order valence-electron chi connectivity index (χ2n) is 4.82. The van der Waals surface area contributed by atoms with Crippen molar-refractivity contribution in [3.8, 4) is 0 Å². The molecule has 33 heavy (non-hydrogen) atoms. The van der Waals surface area contributed by atoms with Crippen LogP contribution in [0.25, 0.3) is 0 Å². The molecule has 176 valence electrons. The Morgan fingerprint density at radius 1 is 0.394 bits per heavy atom. The molecule has 0 rings (SSSR count). The van der Waals surface area contributed by atoms with Gasteiger partial charge in [-0.05, 0) is 52.0 Å².